The van der Waals surface area contributed by atoms with E-state index in [-0.39, 0.29) is 0 Å². The van der Waals surface area contributed by atoms with Crippen molar-refractivity contribution in [3.63, 3.8) is 0 Å². The van der Waals surface area contributed by atoms with E-state index >= 15 is 0 Å². The zero-order chi connectivity index (χ0) is 14.8. The Bertz CT molecular complexity index is 761. The lowest BCUT2D eigenvalue weighted by molar-refractivity contribution is 0.182. The molecule has 2 aromatic carbocycles. The maximum atomic E-state index is 10.5. The van der Waals surface area contributed by atoms with Crippen molar-refractivity contribution in [1.82, 2.24) is 0 Å². The molecule has 0 aliphatic heterocycles. The van der Waals surface area contributed by atoms with Crippen LogP contribution in [0.4, 0.5) is 0 Å². The summed E-state index contributed by atoms with van der Waals surface area (Å²) < 4.78 is 5.31. The van der Waals surface area contributed by atoms with Gasteiger partial charge >= 0.3 is 0 Å². The molecule has 3 rings (SSSR count). The molecule has 0 fully saturated rings. The normalized spacial score (nSPS) is 12.5. The summed E-state index contributed by atoms with van der Waals surface area (Å²) in [5.41, 5.74) is 1.14. The third-order valence-corrected chi connectivity index (χ3v) is 4.78. The Kier molecular flexibility index (Phi) is 3.95. The molecule has 0 bridgehead atoms. The minimum absolute atomic E-state index is 0.458. The molecule has 1 N–H and O–H groups in total. The van der Waals surface area contributed by atoms with E-state index in [9.17, 15) is 5.11 Å². The number of thiophene rings is 1. The number of aryl methyl sites for hydroxylation is 1. The van der Waals surface area contributed by atoms with Gasteiger partial charge in [-0.25, -0.2) is 0 Å². The lowest BCUT2D eigenvalue weighted by atomic mass is 9.99. The number of fused-ring (bicyclic) bond motifs is 1. The van der Waals surface area contributed by atoms with E-state index in [1.165, 1.54) is 10.3 Å². The van der Waals surface area contributed by atoms with E-state index in [0.717, 1.165) is 21.6 Å². The van der Waals surface area contributed by atoms with E-state index in [0.29, 0.717) is 6.42 Å². The lowest BCUT2D eigenvalue weighted by Gasteiger charge is -2.12. The minimum atomic E-state index is -0.458. The summed E-state index contributed by atoms with van der Waals surface area (Å²) in [6.07, 6.45) is 0.158. The molecule has 1 aromatic heterocycles. The number of aliphatic hydroxyl groups excluding tert-OH is 1. The van der Waals surface area contributed by atoms with E-state index in [1.54, 1.807) is 18.4 Å². The molecule has 3 aromatic rings. The monoisotopic (exact) mass is 298 g/mol. The molecule has 0 radical (unpaired) electrons. The van der Waals surface area contributed by atoms with Gasteiger partial charge in [0.15, 0.2) is 0 Å². The summed E-state index contributed by atoms with van der Waals surface area (Å²) in [5, 5.41) is 12.8. The Morgan fingerprint density at radius 3 is 2.71 bits per heavy atom. The topological polar surface area (TPSA) is 29.5 Å². The summed E-state index contributed by atoms with van der Waals surface area (Å²) in [5.74, 6) is 0.844. The summed E-state index contributed by atoms with van der Waals surface area (Å²) in [7, 11) is 1.67. The standard InChI is InChI=1S/C18H18O2S/c1-12-6-9-18(21-12)17(19)10-14-5-3-4-13-7-8-15(20-2)11-16(13)14/h3-9,11,17,19H,10H2,1-2H3. The van der Waals surface area contributed by atoms with Gasteiger partial charge in [0.05, 0.1) is 13.2 Å². The average molecular weight is 298 g/mol. The molecule has 0 aliphatic carbocycles. The van der Waals surface area contributed by atoms with Crippen LogP contribution in [-0.2, 0) is 6.42 Å². The van der Waals surface area contributed by atoms with Crippen molar-refractivity contribution < 1.29 is 9.84 Å². The molecule has 2 nitrogen and oxygen atoms in total. The highest BCUT2D eigenvalue weighted by Crippen LogP contribution is 2.30. The van der Waals surface area contributed by atoms with Crippen LogP contribution in [-0.4, -0.2) is 12.2 Å². The fourth-order valence-electron chi connectivity index (χ4n) is 2.56. The molecular formula is C18H18O2S. The van der Waals surface area contributed by atoms with E-state index in [2.05, 4.69) is 31.2 Å². The van der Waals surface area contributed by atoms with Crippen LogP contribution >= 0.6 is 11.3 Å². The fraction of sp³-hybridized carbons (Fsp3) is 0.222. The first-order valence-electron chi connectivity index (χ1n) is 6.97. The first-order chi connectivity index (χ1) is 10.2. The van der Waals surface area contributed by atoms with Gasteiger partial charge in [0.2, 0.25) is 0 Å². The zero-order valence-corrected chi connectivity index (χ0v) is 13.0. The molecule has 0 spiro atoms. The maximum Gasteiger partial charge on any atom is 0.119 e. The molecule has 0 saturated carbocycles. The Balaban J connectivity index is 1.96. The van der Waals surface area contributed by atoms with Crippen molar-refractivity contribution in [2.45, 2.75) is 19.4 Å². The van der Waals surface area contributed by atoms with Gasteiger partial charge in [-0.1, -0.05) is 24.3 Å². The molecular weight excluding hydrogens is 280 g/mol. The quantitative estimate of drug-likeness (QED) is 0.768. The second kappa shape index (κ2) is 5.88. The van der Waals surface area contributed by atoms with E-state index < -0.39 is 6.10 Å². The summed E-state index contributed by atoms with van der Waals surface area (Å²) in [6.45, 7) is 2.06. The third-order valence-electron chi connectivity index (χ3n) is 3.68. The predicted molar refractivity (Wildman–Crippen MR) is 88.2 cm³/mol. The molecule has 1 atom stereocenters. The van der Waals surface area contributed by atoms with Crippen molar-refractivity contribution in [2.24, 2.45) is 0 Å². The minimum Gasteiger partial charge on any atom is -0.497 e. The van der Waals surface area contributed by atoms with Crippen LogP contribution in [0.15, 0.2) is 48.5 Å². The molecule has 0 saturated heterocycles. The Labute approximate surface area is 128 Å². The van der Waals surface area contributed by atoms with Crippen molar-refractivity contribution in [2.75, 3.05) is 7.11 Å². The van der Waals surface area contributed by atoms with Gasteiger partial charge in [-0.3, -0.25) is 0 Å². The second-order valence-electron chi connectivity index (χ2n) is 5.17. The molecule has 3 heteroatoms. The van der Waals surface area contributed by atoms with Crippen LogP contribution in [0.2, 0.25) is 0 Å². The Morgan fingerprint density at radius 2 is 2.00 bits per heavy atom. The maximum absolute atomic E-state index is 10.5. The molecule has 0 amide bonds. The van der Waals surface area contributed by atoms with Crippen LogP contribution in [0, 0.1) is 6.92 Å². The van der Waals surface area contributed by atoms with Crippen LogP contribution in [0.1, 0.15) is 21.4 Å². The molecule has 0 aliphatic rings. The van der Waals surface area contributed by atoms with Crippen LogP contribution in [0.3, 0.4) is 0 Å². The van der Waals surface area contributed by atoms with Crippen molar-refractivity contribution in [3.05, 3.63) is 63.8 Å². The Morgan fingerprint density at radius 1 is 1.14 bits per heavy atom. The first-order valence-corrected chi connectivity index (χ1v) is 7.79. The Hall–Kier alpha value is -1.84. The van der Waals surface area contributed by atoms with Crippen molar-refractivity contribution >= 4 is 22.1 Å². The molecule has 108 valence electrons. The van der Waals surface area contributed by atoms with Gasteiger partial charge in [0.1, 0.15) is 5.75 Å². The SMILES string of the molecule is COc1ccc2cccc(CC(O)c3ccc(C)s3)c2c1. The van der Waals surface area contributed by atoms with Crippen LogP contribution in [0.25, 0.3) is 10.8 Å². The number of rotatable bonds is 4. The number of aliphatic hydroxyl groups is 1. The smallest absolute Gasteiger partial charge is 0.119 e. The summed E-state index contributed by atoms with van der Waals surface area (Å²) in [4.78, 5) is 2.25. The highest BCUT2D eigenvalue weighted by molar-refractivity contribution is 7.12. The number of methoxy groups -OCH3 is 1. The van der Waals surface area contributed by atoms with Crippen molar-refractivity contribution in [3.8, 4) is 5.75 Å². The average Bonchev–Trinajstić information content (AvgIpc) is 2.94. The van der Waals surface area contributed by atoms with Gasteiger partial charge in [0.25, 0.3) is 0 Å². The van der Waals surface area contributed by atoms with Gasteiger partial charge < -0.3 is 9.84 Å². The molecule has 1 heterocycles. The zero-order valence-electron chi connectivity index (χ0n) is 12.2. The summed E-state index contributed by atoms with van der Waals surface area (Å²) >= 11 is 1.65. The lowest BCUT2D eigenvalue weighted by Crippen LogP contribution is -2.00. The third kappa shape index (κ3) is 2.94. The highest BCUT2D eigenvalue weighted by atomic mass is 32.1. The van der Waals surface area contributed by atoms with E-state index in [4.69, 9.17) is 4.74 Å². The van der Waals surface area contributed by atoms with Crippen molar-refractivity contribution in [1.29, 1.82) is 0 Å². The fourth-order valence-corrected chi connectivity index (χ4v) is 3.43. The van der Waals surface area contributed by atoms with Crippen LogP contribution in [0.5, 0.6) is 5.75 Å². The van der Waals surface area contributed by atoms with Gasteiger partial charge in [0, 0.05) is 16.2 Å². The number of hydrogen-bond donors (Lipinski definition) is 1. The predicted octanol–water partition coefficient (Wildman–Crippen LogP) is 4.49. The molecule has 1 unspecified atom stereocenters. The highest BCUT2D eigenvalue weighted by Gasteiger charge is 2.12. The van der Waals surface area contributed by atoms with E-state index in [1.807, 2.05) is 24.3 Å². The first kappa shape index (κ1) is 14.1. The number of ether oxygens (including phenoxy) is 1. The van der Waals surface area contributed by atoms with Gasteiger partial charge in [-0.05, 0) is 47.5 Å². The second-order valence-corrected chi connectivity index (χ2v) is 6.49. The number of hydrogen-bond acceptors (Lipinski definition) is 3. The van der Waals surface area contributed by atoms with Gasteiger partial charge in [-0.15, -0.1) is 11.3 Å². The van der Waals surface area contributed by atoms with Crippen LogP contribution < -0.4 is 4.74 Å². The summed E-state index contributed by atoms with van der Waals surface area (Å²) in [6, 6.07) is 16.3. The largest absolute Gasteiger partial charge is 0.497 e. The van der Waals surface area contributed by atoms with Gasteiger partial charge in [-0.2, -0.15) is 0 Å². The number of benzene rings is 2. The molecule has 21 heavy (non-hydrogen) atoms.